The van der Waals surface area contributed by atoms with Gasteiger partial charge in [0.2, 0.25) is 11.8 Å². The van der Waals surface area contributed by atoms with Gasteiger partial charge in [0.05, 0.1) is 5.92 Å². The van der Waals surface area contributed by atoms with Crippen LogP contribution in [0.1, 0.15) is 38.5 Å². The largest absolute Gasteiger partial charge is 0.391 e. The van der Waals surface area contributed by atoms with E-state index in [0.29, 0.717) is 12.8 Å². The van der Waals surface area contributed by atoms with Gasteiger partial charge in [0.25, 0.3) is 0 Å². The molecule has 1 aliphatic carbocycles. The van der Waals surface area contributed by atoms with Crippen LogP contribution in [0.2, 0.25) is 0 Å². The van der Waals surface area contributed by atoms with E-state index in [2.05, 4.69) is 11.2 Å². The Morgan fingerprint density at radius 2 is 1.86 bits per heavy atom. The number of amides is 2. The third-order valence-electron chi connectivity index (χ3n) is 3.78. The van der Waals surface area contributed by atoms with Gasteiger partial charge in [-0.1, -0.05) is 0 Å². The zero-order valence-corrected chi connectivity index (χ0v) is 11.6. The second-order valence-corrected chi connectivity index (χ2v) is 5.39. The summed E-state index contributed by atoms with van der Waals surface area (Å²) < 4.78 is 37.6. The summed E-state index contributed by atoms with van der Waals surface area (Å²) in [5, 5.41) is 2.43. The van der Waals surface area contributed by atoms with E-state index in [9.17, 15) is 22.8 Å². The summed E-state index contributed by atoms with van der Waals surface area (Å²) in [4.78, 5) is 22.8. The number of primary amides is 1. The second kappa shape index (κ2) is 7.34. The summed E-state index contributed by atoms with van der Waals surface area (Å²) in [7, 11) is 0. The average Bonchev–Trinajstić information content (AvgIpc) is 2.37. The summed E-state index contributed by atoms with van der Waals surface area (Å²) in [6.07, 6.45) is 1.81. The van der Waals surface area contributed by atoms with E-state index in [0.717, 1.165) is 0 Å². The molecule has 21 heavy (non-hydrogen) atoms. The topological polar surface area (TPSA) is 72.2 Å². The van der Waals surface area contributed by atoms with Gasteiger partial charge in [0, 0.05) is 12.8 Å². The molecule has 118 valence electrons. The Labute approximate surface area is 121 Å². The molecule has 0 saturated heterocycles. The Balaban J connectivity index is 2.40. The van der Waals surface area contributed by atoms with Crippen molar-refractivity contribution >= 4 is 11.8 Å². The summed E-state index contributed by atoms with van der Waals surface area (Å²) >= 11 is 0. The van der Waals surface area contributed by atoms with Crippen LogP contribution in [-0.2, 0) is 9.59 Å². The Bertz CT molecular complexity index is 421. The van der Waals surface area contributed by atoms with Gasteiger partial charge in [0.1, 0.15) is 6.04 Å². The van der Waals surface area contributed by atoms with Crippen LogP contribution in [0, 0.1) is 24.2 Å². The number of halogens is 3. The Morgan fingerprint density at radius 3 is 2.29 bits per heavy atom. The normalized spacial score (nSPS) is 23.9. The first-order chi connectivity index (χ1) is 9.74. The summed E-state index contributed by atoms with van der Waals surface area (Å²) in [6.45, 7) is 0. The van der Waals surface area contributed by atoms with Crippen molar-refractivity contribution in [2.75, 3.05) is 0 Å². The number of carbonyl (C=O) groups is 2. The molecule has 7 heteroatoms. The molecular formula is C14H19F3N2O2. The van der Waals surface area contributed by atoms with E-state index in [1.807, 2.05) is 0 Å². The molecule has 2 amide bonds. The molecule has 0 radical (unpaired) electrons. The number of alkyl halides is 3. The number of nitrogens with two attached hydrogens (primary N) is 1. The molecular weight excluding hydrogens is 285 g/mol. The van der Waals surface area contributed by atoms with Crippen LogP contribution in [-0.4, -0.2) is 24.0 Å². The fourth-order valence-electron chi connectivity index (χ4n) is 2.55. The predicted molar refractivity (Wildman–Crippen MR) is 70.7 cm³/mol. The number of terminal acetylenes is 1. The average molecular weight is 304 g/mol. The first-order valence-electron chi connectivity index (χ1n) is 6.83. The van der Waals surface area contributed by atoms with Crippen molar-refractivity contribution in [3.05, 3.63) is 0 Å². The maximum Gasteiger partial charge on any atom is 0.391 e. The number of hydrogen-bond donors (Lipinski definition) is 2. The Kier molecular flexibility index (Phi) is 6.06. The lowest BCUT2D eigenvalue weighted by atomic mass is 9.80. The van der Waals surface area contributed by atoms with E-state index >= 15 is 0 Å². The van der Waals surface area contributed by atoms with Crippen molar-refractivity contribution in [1.29, 1.82) is 0 Å². The molecule has 1 aliphatic rings. The van der Waals surface area contributed by atoms with Gasteiger partial charge >= 0.3 is 6.18 Å². The van der Waals surface area contributed by atoms with Gasteiger partial charge in [0.15, 0.2) is 0 Å². The lowest BCUT2D eigenvalue weighted by Crippen LogP contribution is -2.44. The molecule has 1 atom stereocenters. The lowest BCUT2D eigenvalue weighted by Gasteiger charge is -2.29. The Morgan fingerprint density at radius 1 is 1.29 bits per heavy atom. The molecule has 4 nitrogen and oxygen atoms in total. The van der Waals surface area contributed by atoms with Crippen LogP contribution in [0.15, 0.2) is 0 Å². The quantitative estimate of drug-likeness (QED) is 0.759. The van der Waals surface area contributed by atoms with E-state index in [1.54, 1.807) is 0 Å². The van der Waals surface area contributed by atoms with Crippen LogP contribution >= 0.6 is 0 Å². The van der Waals surface area contributed by atoms with Crippen LogP contribution in [0.4, 0.5) is 13.2 Å². The molecule has 1 rings (SSSR count). The highest BCUT2D eigenvalue weighted by Crippen LogP contribution is 2.40. The van der Waals surface area contributed by atoms with Crippen molar-refractivity contribution in [3.8, 4) is 12.3 Å². The summed E-state index contributed by atoms with van der Waals surface area (Å²) in [5.41, 5.74) is 5.10. The molecule has 0 spiro atoms. The van der Waals surface area contributed by atoms with E-state index in [1.165, 1.54) is 0 Å². The third-order valence-corrected chi connectivity index (χ3v) is 3.78. The highest BCUT2D eigenvalue weighted by molar-refractivity contribution is 5.86. The minimum atomic E-state index is -4.16. The predicted octanol–water partition coefficient (Wildman–Crippen LogP) is 1.74. The van der Waals surface area contributed by atoms with Gasteiger partial charge < -0.3 is 11.1 Å². The van der Waals surface area contributed by atoms with Crippen LogP contribution < -0.4 is 11.1 Å². The number of hydrogen-bond acceptors (Lipinski definition) is 2. The van der Waals surface area contributed by atoms with E-state index in [-0.39, 0.29) is 31.6 Å². The van der Waals surface area contributed by atoms with Gasteiger partial charge in [-0.15, -0.1) is 12.3 Å². The van der Waals surface area contributed by atoms with Crippen LogP contribution in [0.3, 0.4) is 0 Å². The number of nitrogens with one attached hydrogen (secondary N) is 1. The van der Waals surface area contributed by atoms with E-state index in [4.69, 9.17) is 12.2 Å². The second-order valence-electron chi connectivity index (χ2n) is 5.39. The van der Waals surface area contributed by atoms with Crippen molar-refractivity contribution in [3.63, 3.8) is 0 Å². The molecule has 0 heterocycles. The van der Waals surface area contributed by atoms with Crippen molar-refractivity contribution < 1.29 is 22.8 Å². The monoisotopic (exact) mass is 304 g/mol. The maximum atomic E-state index is 12.5. The van der Waals surface area contributed by atoms with Gasteiger partial charge in [-0.2, -0.15) is 13.2 Å². The first kappa shape index (κ1) is 17.3. The molecule has 0 aliphatic heterocycles. The van der Waals surface area contributed by atoms with Crippen molar-refractivity contribution in [2.45, 2.75) is 50.7 Å². The summed E-state index contributed by atoms with van der Waals surface area (Å²) in [5.74, 6) is -0.240. The molecule has 1 saturated carbocycles. The summed E-state index contributed by atoms with van der Waals surface area (Å²) in [6, 6.07) is -0.922. The first-order valence-corrected chi connectivity index (χ1v) is 6.83. The Hall–Kier alpha value is -1.71. The van der Waals surface area contributed by atoms with Gasteiger partial charge in [-0.05, 0) is 31.6 Å². The minimum absolute atomic E-state index is 0.00187. The zero-order valence-electron chi connectivity index (χ0n) is 11.6. The van der Waals surface area contributed by atoms with Crippen molar-refractivity contribution in [1.82, 2.24) is 5.32 Å². The molecule has 1 unspecified atom stereocenters. The zero-order chi connectivity index (χ0) is 16.0. The smallest absolute Gasteiger partial charge is 0.368 e. The molecule has 0 bridgehead atoms. The minimum Gasteiger partial charge on any atom is -0.368 e. The standard InChI is InChI=1S/C14H19F3N2O2/c1-2-3-11(13(18)21)19-12(20)8-9-4-6-10(7-5-9)14(15,16)17/h1,9-11H,3-8H2,(H2,18,21)(H,19,20). The molecule has 3 N–H and O–H groups in total. The van der Waals surface area contributed by atoms with Crippen LogP contribution in [0.25, 0.3) is 0 Å². The fourth-order valence-corrected chi connectivity index (χ4v) is 2.55. The lowest BCUT2D eigenvalue weighted by molar-refractivity contribution is -0.184. The molecule has 0 aromatic heterocycles. The van der Waals surface area contributed by atoms with Gasteiger partial charge in [-0.3, -0.25) is 9.59 Å². The third kappa shape index (κ3) is 5.66. The molecule has 0 aromatic carbocycles. The fraction of sp³-hybridized carbons (Fsp3) is 0.714. The van der Waals surface area contributed by atoms with Gasteiger partial charge in [-0.25, -0.2) is 0 Å². The van der Waals surface area contributed by atoms with Crippen LogP contribution in [0.5, 0.6) is 0 Å². The maximum absolute atomic E-state index is 12.5. The number of carbonyl (C=O) groups excluding carboxylic acids is 2. The molecule has 0 aromatic rings. The highest BCUT2D eigenvalue weighted by atomic mass is 19.4. The molecule has 1 fully saturated rings. The highest BCUT2D eigenvalue weighted by Gasteiger charge is 2.41. The van der Waals surface area contributed by atoms with E-state index < -0.39 is 30.0 Å². The SMILES string of the molecule is C#CCC(NC(=O)CC1CCC(C(F)(F)F)CC1)C(N)=O. The van der Waals surface area contributed by atoms with Crippen molar-refractivity contribution in [2.24, 2.45) is 17.6 Å². The number of rotatable bonds is 5.